The van der Waals surface area contributed by atoms with Gasteiger partial charge < -0.3 is 10.4 Å². The first-order valence-corrected chi connectivity index (χ1v) is 8.74. The fraction of sp³-hybridized carbons (Fsp3) is 0.333. The van der Waals surface area contributed by atoms with Crippen molar-refractivity contribution in [3.8, 4) is 5.75 Å². The number of hydrogen-bond donors (Lipinski definition) is 2. The Morgan fingerprint density at radius 2 is 1.52 bits per heavy atom. The molecule has 0 radical (unpaired) electrons. The molecule has 0 saturated heterocycles. The van der Waals surface area contributed by atoms with Gasteiger partial charge in [-0.2, -0.15) is 0 Å². The average Bonchev–Trinajstić information content (AvgIpc) is 2.60. The number of nitrogens with one attached hydrogen (secondary N) is 1. The predicted molar refractivity (Wildman–Crippen MR) is 99.9 cm³/mol. The number of anilines is 1. The van der Waals surface area contributed by atoms with Gasteiger partial charge in [-0.3, -0.25) is 9.59 Å². The predicted octanol–water partition coefficient (Wildman–Crippen LogP) is 4.86. The first-order chi connectivity index (χ1) is 12.1. The first-order valence-electron chi connectivity index (χ1n) is 8.74. The molecule has 0 spiro atoms. The van der Waals surface area contributed by atoms with Gasteiger partial charge in [0.15, 0.2) is 5.78 Å². The number of carbonyl (C=O) groups is 2. The largest absolute Gasteiger partial charge is 0.506 e. The highest BCUT2D eigenvalue weighted by atomic mass is 16.3. The Morgan fingerprint density at radius 3 is 2.20 bits per heavy atom. The zero-order chi connectivity index (χ0) is 18.1. The van der Waals surface area contributed by atoms with Crippen molar-refractivity contribution in [2.45, 2.75) is 45.4 Å². The monoisotopic (exact) mass is 339 g/mol. The third-order valence-corrected chi connectivity index (χ3v) is 4.11. The standard InChI is InChI=1S/C21H25NO3/c1-16-12-14-17(15-13-16)19(23)9-4-2-3-5-11-21(25)22-18-8-6-7-10-20(18)24/h6-8,10,12-15,24H,2-5,9,11H2,1H3,(H,22,25). The van der Waals surface area contributed by atoms with Crippen molar-refractivity contribution >= 4 is 17.4 Å². The second-order valence-electron chi connectivity index (χ2n) is 6.27. The van der Waals surface area contributed by atoms with Gasteiger partial charge in [0.25, 0.3) is 0 Å². The van der Waals surface area contributed by atoms with Gasteiger partial charge in [-0.15, -0.1) is 0 Å². The van der Waals surface area contributed by atoms with Crippen LogP contribution in [0.1, 0.15) is 54.4 Å². The van der Waals surface area contributed by atoms with Crippen LogP contribution in [0.15, 0.2) is 48.5 Å². The lowest BCUT2D eigenvalue weighted by Gasteiger charge is -2.07. The van der Waals surface area contributed by atoms with Crippen molar-refractivity contribution in [2.24, 2.45) is 0 Å². The molecule has 4 nitrogen and oxygen atoms in total. The van der Waals surface area contributed by atoms with E-state index in [9.17, 15) is 14.7 Å². The van der Waals surface area contributed by atoms with E-state index in [4.69, 9.17) is 0 Å². The number of ketones is 1. The number of aromatic hydroxyl groups is 1. The molecule has 0 atom stereocenters. The fourth-order valence-corrected chi connectivity index (χ4v) is 2.60. The number of Topliss-reactive ketones (excluding diaryl/α,β-unsaturated/α-hetero) is 1. The lowest BCUT2D eigenvalue weighted by Crippen LogP contribution is -2.11. The summed E-state index contributed by atoms with van der Waals surface area (Å²) < 4.78 is 0. The molecule has 25 heavy (non-hydrogen) atoms. The summed E-state index contributed by atoms with van der Waals surface area (Å²) in [5.41, 5.74) is 2.36. The number of unbranched alkanes of at least 4 members (excludes halogenated alkanes) is 3. The molecule has 0 saturated carbocycles. The summed E-state index contributed by atoms with van der Waals surface area (Å²) in [5, 5.41) is 12.3. The minimum absolute atomic E-state index is 0.0745. The van der Waals surface area contributed by atoms with E-state index < -0.39 is 0 Å². The van der Waals surface area contributed by atoms with Gasteiger partial charge in [-0.25, -0.2) is 0 Å². The Hall–Kier alpha value is -2.62. The molecule has 132 valence electrons. The summed E-state index contributed by atoms with van der Waals surface area (Å²) in [6.07, 6.45) is 4.43. The molecular weight excluding hydrogens is 314 g/mol. The Balaban J connectivity index is 1.58. The number of phenols is 1. The maximum atomic E-state index is 12.0. The van der Waals surface area contributed by atoms with E-state index in [0.717, 1.165) is 36.8 Å². The molecule has 4 heteroatoms. The van der Waals surface area contributed by atoms with Gasteiger partial charge in [0.1, 0.15) is 5.75 Å². The molecule has 0 aliphatic heterocycles. The molecule has 0 heterocycles. The lowest BCUT2D eigenvalue weighted by atomic mass is 10.0. The zero-order valence-corrected chi connectivity index (χ0v) is 14.6. The molecule has 0 aliphatic carbocycles. The van der Waals surface area contributed by atoms with E-state index in [-0.39, 0.29) is 17.4 Å². The topological polar surface area (TPSA) is 66.4 Å². The van der Waals surface area contributed by atoms with Crippen molar-refractivity contribution in [2.75, 3.05) is 5.32 Å². The Kier molecular flexibility index (Phi) is 7.20. The van der Waals surface area contributed by atoms with Crippen LogP contribution in [-0.2, 0) is 4.79 Å². The molecule has 2 aromatic carbocycles. The van der Waals surface area contributed by atoms with Crippen LogP contribution < -0.4 is 5.32 Å². The maximum Gasteiger partial charge on any atom is 0.224 e. The number of phenolic OH excluding ortho intramolecular Hbond substituents is 1. The fourth-order valence-electron chi connectivity index (χ4n) is 2.60. The summed E-state index contributed by atoms with van der Waals surface area (Å²) in [6, 6.07) is 14.3. The zero-order valence-electron chi connectivity index (χ0n) is 14.6. The van der Waals surface area contributed by atoms with Gasteiger partial charge in [0, 0.05) is 18.4 Å². The van der Waals surface area contributed by atoms with Crippen molar-refractivity contribution < 1.29 is 14.7 Å². The second-order valence-corrected chi connectivity index (χ2v) is 6.27. The van der Waals surface area contributed by atoms with E-state index in [1.165, 1.54) is 0 Å². The average molecular weight is 339 g/mol. The highest BCUT2D eigenvalue weighted by Gasteiger charge is 2.07. The van der Waals surface area contributed by atoms with Gasteiger partial charge in [-0.1, -0.05) is 54.8 Å². The first kappa shape index (κ1) is 18.7. The SMILES string of the molecule is Cc1ccc(C(=O)CCCCCCC(=O)Nc2ccccc2O)cc1. The molecule has 0 aliphatic rings. The van der Waals surface area contributed by atoms with E-state index in [1.807, 2.05) is 31.2 Å². The molecule has 2 aromatic rings. The van der Waals surface area contributed by atoms with Crippen LogP contribution in [0.5, 0.6) is 5.75 Å². The number of hydrogen-bond acceptors (Lipinski definition) is 3. The van der Waals surface area contributed by atoms with Gasteiger partial charge >= 0.3 is 0 Å². The molecule has 0 bridgehead atoms. The summed E-state index contributed by atoms with van der Waals surface area (Å²) in [5.74, 6) is 0.153. The second kappa shape index (κ2) is 9.62. The number of aryl methyl sites for hydroxylation is 1. The number of benzene rings is 2. The molecule has 0 fully saturated rings. The Labute approximate surface area is 148 Å². The van der Waals surface area contributed by atoms with E-state index in [2.05, 4.69) is 5.32 Å². The van der Waals surface area contributed by atoms with Crippen molar-refractivity contribution in [1.82, 2.24) is 0 Å². The minimum Gasteiger partial charge on any atom is -0.506 e. The molecule has 2 N–H and O–H groups in total. The van der Waals surface area contributed by atoms with E-state index in [0.29, 0.717) is 18.5 Å². The van der Waals surface area contributed by atoms with Crippen LogP contribution in [0.3, 0.4) is 0 Å². The highest BCUT2D eigenvalue weighted by Crippen LogP contribution is 2.21. The molecule has 0 unspecified atom stereocenters. The third kappa shape index (κ3) is 6.42. The summed E-state index contributed by atoms with van der Waals surface area (Å²) in [6.45, 7) is 2.00. The van der Waals surface area contributed by atoms with Crippen LogP contribution >= 0.6 is 0 Å². The van der Waals surface area contributed by atoms with Crippen LogP contribution in [0.4, 0.5) is 5.69 Å². The van der Waals surface area contributed by atoms with Crippen LogP contribution in [-0.4, -0.2) is 16.8 Å². The third-order valence-electron chi connectivity index (χ3n) is 4.11. The van der Waals surface area contributed by atoms with Gasteiger partial charge in [0.2, 0.25) is 5.91 Å². The molecule has 1 amide bonds. The van der Waals surface area contributed by atoms with Crippen LogP contribution in [0, 0.1) is 6.92 Å². The van der Waals surface area contributed by atoms with Crippen molar-refractivity contribution in [1.29, 1.82) is 0 Å². The molecule has 0 aromatic heterocycles. The molecular formula is C21H25NO3. The minimum atomic E-state index is -0.0998. The Morgan fingerprint density at radius 1 is 0.880 bits per heavy atom. The number of amides is 1. The highest BCUT2D eigenvalue weighted by molar-refractivity contribution is 5.96. The smallest absolute Gasteiger partial charge is 0.224 e. The number of para-hydroxylation sites is 2. The van der Waals surface area contributed by atoms with Gasteiger partial charge in [-0.05, 0) is 31.9 Å². The summed E-state index contributed by atoms with van der Waals surface area (Å²) >= 11 is 0. The van der Waals surface area contributed by atoms with Gasteiger partial charge in [0.05, 0.1) is 5.69 Å². The Bertz CT molecular complexity index is 707. The summed E-state index contributed by atoms with van der Waals surface area (Å²) in [7, 11) is 0. The van der Waals surface area contributed by atoms with Crippen LogP contribution in [0.25, 0.3) is 0 Å². The lowest BCUT2D eigenvalue weighted by molar-refractivity contribution is -0.116. The summed E-state index contributed by atoms with van der Waals surface area (Å²) in [4.78, 5) is 23.9. The normalized spacial score (nSPS) is 10.4. The van der Waals surface area contributed by atoms with Crippen LogP contribution in [0.2, 0.25) is 0 Å². The number of carbonyl (C=O) groups excluding carboxylic acids is 2. The van der Waals surface area contributed by atoms with Crippen molar-refractivity contribution in [3.63, 3.8) is 0 Å². The van der Waals surface area contributed by atoms with Crippen molar-refractivity contribution in [3.05, 3.63) is 59.7 Å². The quantitative estimate of drug-likeness (QED) is 0.389. The van der Waals surface area contributed by atoms with E-state index >= 15 is 0 Å². The van der Waals surface area contributed by atoms with E-state index in [1.54, 1.807) is 24.3 Å². The maximum absolute atomic E-state index is 12.0. The molecule has 2 rings (SSSR count). The number of rotatable bonds is 9.